The van der Waals surface area contributed by atoms with Gasteiger partial charge in [-0.15, -0.1) is 0 Å². The minimum absolute atomic E-state index is 0.183. The molecule has 2 aliphatic heterocycles. The molecule has 2 aliphatic rings. The van der Waals surface area contributed by atoms with Gasteiger partial charge >= 0.3 is 0 Å². The molecule has 0 unspecified atom stereocenters. The zero-order valence-corrected chi connectivity index (χ0v) is 6.99. The van der Waals surface area contributed by atoms with Crippen LogP contribution in [-0.4, -0.2) is 15.7 Å². The molecule has 0 bridgehead atoms. The highest BCUT2D eigenvalue weighted by molar-refractivity contribution is 6.43. The van der Waals surface area contributed by atoms with Crippen molar-refractivity contribution >= 4 is 14.9 Å². The molecule has 0 N–H and O–H groups in total. The van der Waals surface area contributed by atoms with E-state index in [0.29, 0.717) is 0 Å². The van der Waals surface area contributed by atoms with E-state index in [9.17, 15) is 0 Å². The lowest BCUT2D eigenvalue weighted by molar-refractivity contribution is 0.334. The Morgan fingerprint density at radius 3 is 3.45 bits per heavy atom. The first-order valence-corrected chi connectivity index (χ1v) is 4.73. The summed E-state index contributed by atoms with van der Waals surface area (Å²) < 4.78 is 10.8. The third-order valence-electron chi connectivity index (χ3n) is 2.02. The molecule has 54 valence electrons. The van der Waals surface area contributed by atoms with Gasteiger partial charge in [0.15, 0.2) is 0 Å². The Balaban J connectivity index is 2.55. The molecule has 0 atom stereocenters. The highest BCUT2D eigenvalue weighted by Crippen LogP contribution is 2.19. The second kappa shape index (κ2) is 1.74. The van der Waals surface area contributed by atoms with Gasteiger partial charge in [0.05, 0.1) is 20.6 Å². The fraction of sp³-hybridized carbons (Fsp3) is 0.125. The Labute approximate surface area is 65.2 Å². The van der Waals surface area contributed by atoms with Gasteiger partial charge in [0.25, 0.3) is 0 Å². The Bertz CT molecular complexity index is 453. The van der Waals surface area contributed by atoms with Crippen LogP contribution in [0, 0.1) is 5.01 Å². The van der Waals surface area contributed by atoms with Crippen LogP contribution in [-0.2, 0) is 4.74 Å². The molecule has 0 fully saturated rings. The fourth-order valence-electron chi connectivity index (χ4n) is 1.51. The summed E-state index contributed by atoms with van der Waals surface area (Å²) in [5.74, 6) is 1.07. The molecule has 0 spiro atoms. The Morgan fingerprint density at radius 1 is 1.45 bits per heavy atom. The minimum atomic E-state index is 0.183. The number of fused-ring (bicyclic) bond motifs is 2. The van der Waals surface area contributed by atoms with Crippen molar-refractivity contribution < 1.29 is 9.15 Å². The molecular formula is C8H6O2Si. The van der Waals surface area contributed by atoms with Crippen molar-refractivity contribution in [1.29, 1.82) is 0 Å². The summed E-state index contributed by atoms with van der Waals surface area (Å²) in [5, 5.41) is 3.69. The van der Waals surface area contributed by atoms with Crippen molar-refractivity contribution in [1.82, 2.24) is 0 Å². The van der Waals surface area contributed by atoms with Gasteiger partial charge < -0.3 is 9.15 Å². The Hall–Kier alpha value is -1.09. The summed E-state index contributed by atoms with van der Waals surface area (Å²) >= 11 is 0. The van der Waals surface area contributed by atoms with Gasteiger partial charge in [-0.2, -0.15) is 0 Å². The van der Waals surface area contributed by atoms with E-state index in [-0.39, 0.29) is 9.13 Å². The first kappa shape index (κ1) is 5.54. The molecule has 3 heterocycles. The molecule has 3 heteroatoms. The summed E-state index contributed by atoms with van der Waals surface area (Å²) in [6.45, 7) is 0.752. The van der Waals surface area contributed by atoms with Gasteiger partial charge in [-0.05, 0) is 12.1 Å². The highest BCUT2D eigenvalue weighted by atomic mass is 28.2. The molecule has 0 amide bonds. The fourth-order valence-corrected chi connectivity index (χ4v) is 2.91. The van der Waals surface area contributed by atoms with Crippen molar-refractivity contribution in [2.45, 2.75) is 0 Å². The summed E-state index contributed by atoms with van der Waals surface area (Å²) in [4.78, 5) is 0. The predicted octanol–water partition coefficient (Wildman–Crippen LogP) is 0.00289. The molecule has 0 aromatic carbocycles. The molecular weight excluding hydrogens is 156 g/mol. The van der Waals surface area contributed by atoms with E-state index in [2.05, 4.69) is 6.08 Å². The third-order valence-corrected chi connectivity index (χ3v) is 3.54. The van der Waals surface area contributed by atoms with Crippen molar-refractivity contribution in [2.75, 3.05) is 6.61 Å². The van der Waals surface area contributed by atoms with Crippen LogP contribution in [0.1, 0.15) is 0 Å². The summed E-state index contributed by atoms with van der Waals surface area (Å²) in [5.41, 5.74) is 0. The molecule has 0 radical (unpaired) electrons. The second-order valence-electron chi connectivity index (χ2n) is 2.64. The van der Waals surface area contributed by atoms with Crippen LogP contribution in [0.15, 0.2) is 28.0 Å². The van der Waals surface area contributed by atoms with Crippen molar-refractivity contribution in [3.63, 3.8) is 0 Å². The summed E-state index contributed by atoms with van der Waals surface area (Å²) in [6, 6.07) is 1.99. The van der Waals surface area contributed by atoms with Crippen LogP contribution in [0.4, 0.5) is 0 Å². The van der Waals surface area contributed by atoms with Crippen LogP contribution in [0.5, 0.6) is 0 Å². The quantitative estimate of drug-likeness (QED) is 0.501. The van der Waals surface area contributed by atoms with Gasteiger partial charge in [-0.25, -0.2) is 0 Å². The number of ether oxygens (including phenoxy) is 1. The Morgan fingerprint density at radius 2 is 2.45 bits per heavy atom. The van der Waals surface area contributed by atoms with Gasteiger partial charge in [-0.1, -0.05) is 0 Å². The second-order valence-corrected chi connectivity index (χ2v) is 4.08. The first-order chi connectivity index (χ1) is 5.45. The Kier molecular flexibility index (Phi) is 0.875. The topological polar surface area (TPSA) is 22.4 Å². The zero-order valence-electron chi connectivity index (χ0n) is 5.83. The number of hydrogen-bond donors (Lipinski definition) is 0. The van der Waals surface area contributed by atoms with E-state index in [0.717, 1.165) is 17.4 Å². The number of rotatable bonds is 0. The van der Waals surface area contributed by atoms with Crippen molar-refractivity contribution in [3.8, 4) is 0 Å². The molecule has 2 nitrogen and oxygen atoms in total. The van der Waals surface area contributed by atoms with Crippen molar-refractivity contribution in [2.24, 2.45) is 0 Å². The SMILES string of the molecule is C1=C2[SiH]=c3occc3=C2OC1. The highest BCUT2D eigenvalue weighted by Gasteiger charge is 2.17. The van der Waals surface area contributed by atoms with Crippen LogP contribution in [0.3, 0.4) is 0 Å². The van der Waals surface area contributed by atoms with E-state index in [1.807, 2.05) is 6.07 Å². The van der Waals surface area contributed by atoms with E-state index in [1.54, 1.807) is 6.26 Å². The van der Waals surface area contributed by atoms with E-state index in [1.165, 1.54) is 10.4 Å². The monoisotopic (exact) mass is 162 g/mol. The molecule has 1 aromatic heterocycles. The minimum Gasteiger partial charge on any atom is -0.489 e. The molecule has 0 saturated carbocycles. The van der Waals surface area contributed by atoms with Gasteiger partial charge in [0.1, 0.15) is 17.4 Å². The van der Waals surface area contributed by atoms with Crippen LogP contribution in [0.2, 0.25) is 0 Å². The average molecular weight is 162 g/mol. The average Bonchev–Trinajstić information content (AvgIpc) is 2.52. The van der Waals surface area contributed by atoms with Crippen LogP contribution >= 0.6 is 0 Å². The largest absolute Gasteiger partial charge is 0.489 e. The number of hydrogen-bond acceptors (Lipinski definition) is 2. The lowest BCUT2D eigenvalue weighted by atomic mass is 10.4. The third kappa shape index (κ3) is 0.587. The van der Waals surface area contributed by atoms with Gasteiger partial charge in [0, 0.05) is 5.20 Å². The van der Waals surface area contributed by atoms with E-state index < -0.39 is 0 Å². The molecule has 1 aromatic rings. The maximum Gasteiger partial charge on any atom is 0.132 e. The maximum absolute atomic E-state index is 5.45. The maximum atomic E-state index is 5.45. The molecule has 0 aliphatic carbocycles. The van der Waals surface area contributed by atoms with Crippen LogP contribution in [0.25, 0.3) is 5.76 Å². The summed E-state index contributed by atoms with van der Waals surface area (Å²) in [7, 11) is 0.183. The smallest absolute Gasteiger partial charge is 0.132 e. The summed E-state index contributed by atoms with van der Waals surface area (Å²) in [6.07, 6.45) is 3.89. The zero-order chi connectivity index (χ0) is 7.26. The normalized spacial score (nSPS) is 18.5. The molecule has 0 saturated heterocycles. The number of furan rings is 1. The van der Waals surface area contributed by atoms with Gasteiger partial charge in [0.2, 0.25) is 0 Å². The first-order valence-electron chi connectivity index (χ1n) is 3.58. The molecule has 3 rings (SSSR count). The van der Waals surface area contributed by atoms with E-state index >= 15 is 0 Å². The predicted molar refractivity (Wildman–Crippen MR) is 41.8 cm³/mol. The van der Waals surface area contributed by atoms with Crippen LogP contribution < -0.4 is 5.22 Å². The van der Waals surface area contributed by atoms with Gasteiger partial charge in [-0.3, -0.25) is 0 Å². The van der Waals surface area contributed by atoms with Crippen molar-refractivity contribution in [3.05, 3.63) is 33.8 Å². The molecule has 11 heavy (non-hydrogen) atoms. The van der Waals surface area contributed by atoms with E-state index in [4.69, 9.17) is 9.15 Å². The lowest BCUT2D eigenvalue weighted by Gasteiger charge is -1.94. The standard InChI is InChI=1S/C8H6O2Si/c1-3-10-8-5(1)7-6(11-8)2-4-9-7/h1-3,11H,4H2. The lowest BCUT2D eigenvalue weighted by Crippen LogP contribution is -2.00.